The minimum atomic E-state index is -0.716. The lowest BCUT2D eigenvalue weighted by molar-refractivity contribution is -0.139. The third-order valence-electron chi connectivity index (χ3n) is 5.17. The fourth-order valence-electron chi connectivity index (χ4n) is 3.59. The number of carboxylic acid groups (broad SMARTS) is 1. The smallest absolute Gasteiger partial charge is 0.317 e. The van der Waals surface area contributed by atoms with Crippen LogP contribution >= 0.6 is 0 Å². The lowest BCUT2D eigenvalue weighted by Gasteiger charge is -2.43. The number of aromatic nitrogens is 1. The normalized spacial score (nSPS) is 23.2. The first-order valence-electron chi connectivity index (χ1n) is 8.75. The summed E-state index contributed by atoms with van der Waals surface area (Å²) in [6.07, 6.45) is 6.37. The van der Waals surface area contributed by atoms with Gasteiger partial charge in [-0.15, -0.1) is 0 Å². The van der Waals surface area contributed by atoms with Crippen LogP contribution in [0.2, 0.25) is 0 Å². The van der Waals surface area contributed by atoms with Crippen molar-refractivity contribution in [3.8, 4) is 0 Å². The van der Waals surface area contributed by atoms with Gasteiger partial charge in [0.15, 0.2) is 0 Å². The van der Waals surface area contributed by atoms with Crippen LogP contribution in [-0.2, 0) is 4.79 Å². The molecule has 0 bridgehead atoms. The highest BCUT2D eigenvalue weighted by Gasteiger charge is 2.37. The van der Waals surface area contributed by atoms with E-state index in [0.29, 0.717) is 12.1 Å². The number of anilines is 1. The van der Waals surface area contributed by atoms with E-state index in [4.69, 9.17) is 5.11 Å². The number of fused-ring (bicyclic) bond motifs is 1. The number of nitrogens with one attached hydrogen (secondary N) is 1. The quantitative estimate of drug-likeness (QED) is 0.819. The van der Waals surface area contributed by atoms with Crippen LogP contribution in [0.4, 0.5) is 5.69 Å². The molecule has 126 valence electrons. The van der Waals surface area contributed by atoms with Crippen molar-refractivity contribution < 1.29 is 9.90 Å². The molecule has 0 amide bonds. The first-order chi connectivity index (χ1) is 11.7. The van der Waals surface area contributed by atoms with Gasteiger partial charge in [-0.3, -0.25) is 14.7 Å². The predicted molar refractivity (Wildman–Crippen MR) is 94.1 cm³/mol. The number of carbonyl (C=O) groups is 1. The van der Waals surface area contributed by atoms with Crippen LogP contribution in [0.3, 0.4) is 0 Å². The number of aliphatic carboxylic acids is 1. The topological polar surface area (TPSA) is 65.5 Å². The Bertz CT molecular complexity index is 733. The Morgan fingerprint density at radius 1 is 1.25 bits per heavy atom. The Morgan fingerprint density at radius 3 is 2.79 bits per heavy atom. The molecule has 1 heterocycles. The van der Waals surface area contributed by atoms with Crippen molar-refractivity contribution in [3.05, 3.63) is 36.5 Å². The van der Waals surface area contributed by atoms with Crippen LogP contribution in [0.5, 0.6) is 0 Å². The van der Waals surface area contributed by atoms with E-state index in [9.17, 15) is 4.79 Å². The fourth-order valence-corrected chi connectivity index (χ4v) is 3.59. The van der Waals surface area contributed by atoms with E-state index < -0.39 is 5.97 Å². The Labute approximate surface area is 141 Å². The molecule has 4 rings (SSSR count). The van der Waals surface area contributed by atoms with E-state index >= 15 is 0 Å². The number of pyridine rings is 1. The number of hydrogen-bond donors (Lipinski definition) is 2. The molecule has 2 saturated carbocycles. The van der Waals surface area contributed by atoms with Crippen LogP contribution in [0, 0.1) is 5.92 Å². The molecule has 5 nitrogen and oxygen atoms in total. The molecule has 24 heavy (non-hydrogen) atoms. The van der Waals surface area contributed by atoms with Gasteiger partial charge in [0, 0.05) is 35.9 Å². The zero-order valence-corrected chi connectivity index (χ0v) is 13.7. The van der Waals surface area contributed by atoms with Gasteiger partial charge in [0.25, 0.3) is 0 Å². The van der Waals surface area contributed by atoms with Crippen LogP contribution < -0.4 is 5.32 Å². The summed E-state index contributed by atoms with van der Waals surface area (Å²) in [6.45, 7) is 1.12. The molecule has 0 saturated heterocycles. The summed E-state index contributed by atoms with van der Waals surface area (Å²) in [5.74, 6) is 0.00712. The summed E-state index contributed by atoms with van der Waals surface area (Å²) in [4.78, 5) is 17.7. The average Bonchev–Trinajstić information content (AvgIpc) is 3.33. The number of rotatable bonds is 7. The van der Waals surface area contributed by atoms with E-state index in [1.807, 2.05) is 30.5 Å². The molecule has 2 N–H and O–H groups in total. The number of para-hydroxylation sites is 1. The second-order valence-corrected chi connectivity index (χ2v) is 7.11. The molecular weight excluding hydrogens is 302 g/mol. The van der Waals surface area contributed by atoms with Crippen molar-refractivity contribution in [1.82, 2.24) is 9.88 Å². The molecule has 5 heteroatoms. The number of benzene rings is 1. The summed E-state index contributed by atoms with van der Waals surface area (Å²) in [7, 11) is 0. The largest absolute Gasteiger partial charge is 0.480 e. The van der Waals surface area contributed by atoms with E-state index in [1.165, 1.54) is 12.8 Å². The molecule has 0 radical (unpaired) electrons. The van der Waals surface area contributed by atoms with Crippen LogP contribution in [0.25, 0.3) is 10.9 Å². The first-order valence-corrected chi connectivity index (χ1v) is 8.75. The molecule has 0 spiro atoms. The van der Waals surface area contributed by atoms with Crippen molar-refractivity contribution in [3.63, 3.8) is 0 Å². The Kier molecular flexibility index (Phi) is 4.10. The number of carboxylic acids is 1. The summed E-state index contributed by atoms with van der Waals surface area (Å²) < 4.78 is 0. The summed E-state index contributed by atoms with van der Waals surface area (Å²) in [6, 6.07) is 11.0. The lowest BCUT2D eigenvalue weighted by atomic mass is 9.85. The van der Waals surface area contributed by atoms with E-state index in [0.717, 1.165) is 41.9 Å². The van der Waals surface area contributed by atoms with Gasteiger partial charge < -0.3 is 10.4 Å². The van der Waals surface area contributed by atoms with Gasteiger partial charge in [0.1, 0.15) is 0 Å². The number of nitrogens with zero attached hydrogens (tertiary/aromatic N) is 2. The second-order valence-electron chi connectivity index (χ2n) is 7.11. The maximum absolute atomic E-state index is 11.1. The van der Waals surface area contributed by atoms with Gasteiger partial charge in [-0.2, -0.15) is 0 Å². The monoisotopic (exact) mass is 325 g/mol. The zero-order chi connectivity index (χ0) is 16.5. The zero-order valence-electron chi connectivity index (χ0n) is 13.7. The Hall–Kier alpha value is -2.14. The molecule has 2 fully saturated rings. The van der Waals surface area contributed by atoms with E-state index in [1.54, 1.807) is 0 Å². The van der Waals surface area contributed by atoms with Gasteiger partial charge in [-0.05, 0) is 43.7 Å². The molecule has 0 unspecified atom stereocenters. The molecule has 1 aromatic heterocycles. The van der Waals surface area contributed by atoms with Gasteiger partial charge in [0.05, 0.1) is 12.1 Å². The minimum absolute atomic E-state index is 0.173. The number of hydrogen-bond acceptors (Lipinski definition) is 4. The maximum Gasteiger partial charge on any atom is 0.317 e. The van der Waals surface area contributed by atoms with Crippen LogP contribution in [0.15, 0.2) is 36.5 Å². The van der Waals surface area contributed by atoms with Crippen molar-refractivity contribution >= 4 is 22.6 Å². The minimum Gasteiger partial charge on any atom is -0.480 e. The van der Waals surface area contributed by atoms with Crippen molar-refractivity contribution in [2.75, 3.05) is 18.4 Å². The summed E-state index contributed by atoms with van der Waals surface area (Å²) >= 11 is 0. The van der Waals surface area contributed by atoms with Crippen molar-refractivity contribution in [2.24, 2.45) is 5.92 Å². The standard InChI is InChI=1S/C19H23N3O2/c23-19(24)12-22(11-13-5-6-13)15-9-14(10-15)21-18-7-8-20-17-4-2-1-3-16(17)18/h1-4,7-8,13-15H,5-6,9-12H2,(H,20,21)(H,23,24). The second kappa shape index (κ2) is 6.40. The molecule has 0 aliphatic heterocycles. The molecule has 1 aromatic carbocycles. The SMILES string of the molecule is O=C(O)CN(CC1CC1)C1CC(Nc2ccnc3ccccc23)C1. The predicted octanol–water partition coefficient (Wildman–Crippen LogP) is 2.97. The highest BCUT2D eigenvalue weighted by Crippen LogP contribution is 2.35. The van der Waals surface area contributed by atoms with E-state index in [2.05, 4.69) is 21.3 Å². The summed E-state index contributed by atoms with van der Waals surface area (Å²) in [5.41, 5.74) is 2.12. The molecular formula is C19H23N3O2. The maximum atomic E-state index is 11.1. The van der Waals surface area contributed by atoms with E-state index in [-0.39, 0.29) is 6.54 Å². The lowest BCUT2D eigenvalue weighted by Crippen LogP contribution is -2.52. The van der Waals surface area contributed by atoms with Gasteiger partial charge >= 0.3 is 5.97 Å². The Balaban J connectivity index is 1.38. The third kappa shape index (κ3) is 3.36. The molecule has 0 atom stereocenters. The fraction of sp³-hybridized carbons (Fsp3) is 0.474. The van der Waals surface area contributed by atoms with Crippen LogP contribution in [0.1, 0.15) is 25.7 Å². The van der Waals surface area contributed by atoms with Crippen molar-refractivity contribution in [1.29, 1.82) is 0 Å². The first kappa shape index (κ1) is 15.4. The molecule has 2 aromatic rings. The molecule has 2 aliphatic carbocycles. The van der Waals surface area contributed by atoms with Gasteiger partial charge in [0.2, 0.25) is 0 Å². The Morgan fingerprint density at radius 2 is 2.04 bits per heavy atom. The summed E-state index contributed by atoms with van der Waals surface area (Å²) in [5, 5.41) is 13.9. The van der Waals surface area contributed by atoms with Gasteiger partial charge in [-0.25, -0.2) is 0 Å². The highest BCUT2D eigenvalue weighted by atomic mass is 16.4. The molecule has 2 aliphatic rings. The third-order valence-corrected chi connectivity index (χ3v) is 5.17. The van der Waals surface area contributed by atoms with Crippen LogP contribution in [-0.4, -0.2) is 46.1 Å². The highest BCUT2D eigenvalue weighted by molar-refractivity contribution is 5.91. The van der Waals surface area contributed by atoms with Gasteiger partial charge in [-0.1, -0.05) is 18.2 Å². The average molecular weight is 325 g/mol. The van der Waals surface area contributed by atoms with Crippen molar-refractivity contribution in [2.45, 2.75) is 37.8 Å².